The van der Waals surface area contributed by atoms with Gasteiger partial charge in [-0.15, -0.1) is 0 Å². The zero-order valence-electron chi connectivity index (χ0n) is 15.7. The highest BCUT2D eigenvalue weighted by atomic mass is 28.4. The van der Waals surface area contributed by atoms with Gasteiger partial charge in [0.15, 0.2) is 8.32 Å². The molecule has 1 rings (SSSR count). The molecule has 0 radical (unpaired) electrons. The molecule has 0 bridgehead atoms. The van der Waals surface area contributed by atoms with Crippen molar-refractivity contribution in [1.82, 2.24) is 0 Å². The minimum Gasteiger partial charge on any atom is -0.489 e. The highest BCUT2D eigenvalue weighted by Crippen LogP contribution is 2.37. The Morgan fingerprint density at radius 3 is 2.48 bits per heavy atom. The van der Waals surface area contributed by atoms with Crippen LogP contribution in [0, 0.1) is 0 Å². The van der Waals surface area contributed by atoms with Crippen LogP contribution in [-0.2, 0) is 18.7 Å². The van der Waals surface area contributed by atoms with Crippen LogP contribution in [0.25, 0.3) is 0 Å². The molecule has 0 N–H and O–H groups in total. The Balaban J connectivity index is 2.47. The third-order valence-electron chi connectivity index (χ3n) is 4.74. The fraction of sp³-hybridized carbons (Fsp3) is 0.722. The first kappa shape index (κ1) is 20.0. The number of rotatable bonds is 7. The summed E-state index contributed by atoms with van der Waals surface area (Å²) in [7, 11) is -1.70. The maximum Gasteiger partial charge on any atom is 0.341 e. The van der Waals surface area contributed by atoms with Gasteiger partial charge in [0.2, 0.25) is 0 Å². The molecule has 0 aromatic rings. The minimum atomic E-state index is -1.70. The normalized spacial score (nSPS) is 19.1. The molecule has 0 saturated carbocycles. The second-order valence-electron chi connectivity index (χ2n) is 7.53. The topological polar surface area (TPSA) is 44.8 Å². The number of allylic oxidation sites excluding steroid dienone is 1. The summed E-state index contributed by atoms with van der Waals surface area (Å²) in [6, 6.07) is 0. The van der Waals surface area contributed by atoms with Crippen LogP contribution < -0.4 is 0 Å². The van der Waals surface area contributed by atoms with Gasteiger partial charge in [0.1, 0.15) is 17.4 Å². The summed E-state index contributed by atoms with van der Waals surface area (Å²) in [5.41, 5.74) is 1.23. The Bertz CT molecular complexity index is 486. The lowest BCUT2D eigenvalue weighted by atomic mass is 10.0. The number of hydrogen-bond acceptors (Lipinski definition) is 4. The summed E-state index contributed by atoms with van der Waals surface area (Å²) in [4.78, 5) is 11.9. The van der Waals surface area contributed by atoms with Gasteiger partial charge in [0, 0.05) is 12.2 Å². The van der Waals surface area contributed by atoms with Crippen LogP contribution in [-0.4, -0.2) is 33.6 Å². The number of carbonyl (C=O) groups excluding carboxylic acids is 1. The predicted molar refractivity (Wildman–Crippen MR) is 95.7 cm³/mol. The Hall–Kier alpha value is -1.07. The van der Waals surface area contributed by atoms with Crippen LogP contribution in [0.15, 0.2) is 23.5 Å². The van der Waals surface area contributed by atoms with Gasteiger partial charge in [-0.2, -0.15) is 0 Å². The van der Waals surface area contributed by atoms with Crippen molar-refractivity contribution in [3.8, 4) is 0 Å². The smallest absolute Gasteiger partial charge is 0.341 e. The molecular weight excluding hydrogens is 308 g/mol. The molecule has 0 saturated heterocycles. The molecule has 5 heteroatoms. The van der Waals surface area contributed by atoms with Crippen molar-refractivity contribution in [3.05, 3.63) is 23.5 Å². The van der Waals surface area contributed by atoms with Crippen molar-refractivity contribution < 1.29 is 18.7 Å². The van der Waals surface area contributed by atoms with E-state index in [2.05, 4.69) is 40.4 Å². The van der Waals surface area contributed by atoms with E-state index < -0.39 is 8.32 Å². The SMILES string of the molecule is C=C1C(C(=O)OCC)=C(C)OC1CCCO[Si](C)(C)C(C)(C)C. The maximum atomic E-state index is 11.9. The van der Waals surface area contributed by atoms with E-state index in [4.69, 9.17) is 13.9 Å². The van der Waals surface area contributed by atoms with Crippen LogP contribution in [0.4, 0.5) is 0 Å². The average Bonchev–Trinajstić information content (AvgIpc) is 2.68. The van der Waals surface area contributed by atoms with E-state index in [1.54, 1.807) is 13.8 Å². The molecule has 1 atom stereocenters. The fourth-order valence-electron chi connectivity index (χ4n) is 2.25. The van der Waals surface area contributed by atoms with Gasteiger partial charge >= 0.3 is 5.97 Å². The van der Waals surface area contributed by atoms with E-state index in [1.807, 2.05) is 0 Å². The van der Waals surface area contributed by atoms with Gasteiger partial charge in [0.05, 0.1) is 6.61 Å². The number of ether oxygens (including phenoxy) is 2. The van der Waals surface area contributed by atoms with E-state index in [1.165, 1.54) is 0 Å². The molecule has 0 aromatic heterocycles. The third kappa shape index (κ3) is 4.95. The molecule has 0 fully saturated rings. The first-order valence-corrected chi connectivity index (χ1v) is 11.3. The van der Waals surface area contributed by atoms with Crippen molar-refractivity contribution in [1.29, 1.82) is 0 Å². The van der Waals surface area contributed by atoms with E-state index in [0.29, 0.717) is 17.9 Å². The quantitative estimate of drug-likeness (QED) is 0.386. The second kappa shape index (κ2) is 7.66. The lowest BCUT2D eigenvalue weighted by Gasteiger charge is -2.36. The van der Waals surface area contributed by atoms with E-state index in [-0.39, 0.29) is 17.1 Å². The van der Waals surface area contributed by atoms with Gasteiger partial charge in [-0.1, -0.05) is 27.4 Å². The van der Waals surface area contributed by atoms with Gasteiger partial charge in [-0.05, 0) is 44.8 Å². The molecule has 1 unspecified atom stereocenters. The molecule has 4 nitrogen and oxygen atoms in total. The molecule has 0 aliphatic carbocycles. The molecule has 0 amide bonds. The highest BCUT2D eigenvalue weighted by molar-refractivity contribution is 6.74. The van der Waals surface area contributed by atoms with Crippen LogP contribution in [0.5, 0.6) is 0 Å². The van der Waals surface area contributed by atoms with E-state index in [0.717, 1.165) is 25.0 Å². The molecule has 132 valence electrons. The Morgan fingerprint density at radius 2 is 1.96 bits per heavy atom. The first-order valence-electron chi connectivity index (χ1n) is 8.39. The molecule has 23 heavy (non-hydrogen) atoms. The zero-order chi connectivity index (χ0) is 17.8. The molecule has 1 aliphatic heterocycles. The lowest BCUT2D eigenvalue weighted by molar-refractivity contribution is -0.138. The molecule has 0 aromatic carbocycles. The monoisotopic (exact) mass is 340 g/mol. The van der Waals surface area contributed by atoms with Gasteiger partial charge in [0.25, 0.3) is 0 Å². The van der Waals surface area contributed by atoms with Crippen molar-refractivity contribution in [3.63, 3.8) is 0 Å². The summed E-state index contributed by atoms with van der Waals surface area (Å²) in [5, 5.41) is 0.218. The molecule has 0 spiro atoms. The number of carbonyl (C=O) groups is 1. The number of esters is 1. The Labute approximate surface area is 142 Å². The maximum absolute atomic E-state index is 11.9. The van der Waals surface area contributed by atoms with Crippen LogP contribution in [0.3, 0.4) is 0 Å². The highest BCUT2D eigenvalue weighted by Gasteiger charge is 2.37. The standard InChI is InChI=1S/C18H32O4Si/c1-9-20-17(19)16-13(2)15(22-14(16)3)11-10-12-21-23(7,8)18(4,5)6/h15H,2,9-12H2,1,3-8H3. The summed E-state index contributed by atoms with van der Waals surface area (Å²) >= 11 is 0. The summed E-state index contributed by atoms with van der Waals surface area (Å²) in [6.45, 7) is 19.9. The summed E-state index contributed by atoms with van der Waals surface area (Å²) in [5.74, 6) is 0.277. The van der Waals surface area contributed by atoms with E-state index in [9.17, 15) is 4.79 Å². The van der Waals surface area contributed by atoms with Gasteiger partial charge in [-0.3, -0.25) is 0 Å². The molecular formula is C18H32O4Si. The van der Waals surface area contributed by atoms with Gasteiger partial charge in [-0.25, -0.2) is 4.79 Å². The van der Waals surface area contributed by atoms with Crippen LogP contribution in [0.2, 0.25) is 18.1 Å². The van der Waals surface area contributed by atoms with E-state index >= 15 is 0 Å². The molecule has 1 aliphatic rings. The zero-order valence-corrected chi connectivity index (χ0v) is 16.7. The summed E-state index contributed by atoms with van der Waals surface area (Å²) < 4.78 is 17.0. The van der Waals surface area contributed by atoms with Crippen molar-refractivity contribution in [2.24, 2.45) is 0 Å². The largest absolute Gasteiger partial charge is 0.489 e. The van der Waals surface area contributed by atoms with Crippen LogP contribution in [0.1, 0.15) is 47.5 Å². The third-order valence-corrected chi connectivity index (χ3v) is 9.28. The molecule has 1 heterocycles. The van der Waals surface area contributed by atoms with Crippen molar-refractivity contribution in [2.75, 3.05) is 13.2 Å². The predicted octanol–water partition coefficient (Wildman–Crippen LogP) is 4.58. The summed E-state index contributed by atoms with van der Waals surface area (Å²) in [6.07, 6.45) is 1.55. The van der Waals surface area contributed by atoms with Crippen molar-refractivity contribution >= 4 is 14.3 Å². The van der Waals surface area contributed by atoms with Crippen molar-refractivity contribution in [2.45, 2.75) is 71.7 Å². The number of hydrogen-bond donors (Lipinski definition) is 0. The Morgan fingerprint density at radius 1 is 1.35 bits per heavy atom. The fourth-order valence-corrected chi connectivity index (χ4v) is 3.34. The van der Waals surface area contributed by atoms with Gasteiger partial charge < -0.3 is 13.9 Å². The lowest BCUT2D eigenvalue weighted by Crippen LogP contribution is -2.41. The Kier molecular flexibility index (Phi) is 6.66. The second-order valence-corrected chi connectivity index (χ2v) is 12.3. The first-order chi connectivity index (χ1) is 10.5. The average molecular weight is 341 g/mol. The van der Waals surface area contributed by atoms with Crippen LogP contribution >= 0.6 is 0 Å². The minimum absolute atomic E-state index is 0.141.